The van der Waals surface area contributed by atoms with E-state index in [0.717, 1.165) is 23.7 Å². The highest BCUT2D eigenvalue weighted by atomic mass is 14.9. The van der Waals surface area contributed by atoms with Crippen LogP contribution in [-0.2, 0) is 0 Å². The minimum absolute atomic E-state index is 0.665. The van der Waals surface area contributed by atoms with Crippen LogP contribution in [0.4, 0.5) is 0 Å². The molecule has 0 heterocycles. The molecule has 2 rings (SSSR count). The normalized spacial score (nSPS) is 37.0. The molecular formula is C13H23N. The van der Waals surface area contributed by atoms with E-state index in [2.05, 4.69) is 38.2 Å². The quantitative estimate of drug-likeness (QED) is 0.677. The summed E-state index contributed by atoms with van der Waals surface area (Å²) in [6, 6.07) is 0.665. The van der Waals surface area contributed by atoms with Crippen LogP contribution in [0.25, 0.3) is 0 Å². The second kappa shape index (κ2) is 4.06. The number of hydrogen-bond acceptors (Lipinski definition) is 1. The molecule has 0 radical (unpaired) electrons. The molecule has 1 fully saturated rings. The molecule has 1 N–H and O–H groups in total. The number of hydrogen-bond donors (Lipinski definition) is 1. The Labute approximate surface area is 88.0 Å². The van der Waals surface area contributed by atoms with Gasteiger partial charge in [0.25, 0.3) is 0 Å². The van der Waals surface area contributed by atoms with E-state index in [-0.39, 0.29) is 0 Å². The van der Waals surface area contributed by atoms with Crippen molar-refractivity contribution in [3.63, 3.8) is 0 Å². The Bertz CT molecular complexity index is 219. The van der Waals surface area contributed by atoms with Gasteiger partial charge in [-0.15, -0.1) is 0 Å². The standard InChI is InChI=1S/C13H23N/c1-9(2)10(3)14-8-13-7-11-4-5-12(13)6-11/h4-5,9-14H,6-8H2,1-3H3/t10-,11+,12+,13-/m1/s1. The van der Waals surface area contributed by atoms with E-state index in [1.54, 1.807) is 0 Å². The van der Waals surface area contributed by atoms with Gasteiger partial charge in [-0.1, -0.05) is 26.0 Å². The largest absolute Gasteiger partial charge is 0.314 e. The van der Waals surface area contributed by atoms with Crippen molar-refractivity contribution in [3.8, 4) is 0 Å². The van der Waals surface area contributed by atoms with Crippen LogP contribution >= 0.6 is 0 Å². The molecule has 0 amide bonds. The van der Waals surface area contributed by atoms with Crippen molar-refractivity contribution in [2.24, 2.45) is 23.7 Å². The molecule has 0 aliphatic heterocycles. The molecule has 0 aromatic carbocycles. The predicted molar refractivity (Wildman–Crippen MR) is 61.1 cm³/mol. The molecule has 0 spiro atoms. The summed E-state index contributed by atoms with van der Waals surface area (Å²) >= 11 is 0. The lowest BCUT2D eigenvalue weighted by Crippen LogP contribution is -2.35. The number of fused-ring (bicyclic) bond motifs is 2. The minimum atomic E-state index is 0.665. The van der Waals surface area contributed by atoms with Crippen LogP contribution < -0.4 is 5.32 Å². The van der Waals surface area contributed by atoms with Crippen molar-refractivity contribution in [2.45, 2.75) is 39.7 Å². The summed E-state index contributed by atoms with van der Waals surface area (Å²) in [6.07, 6.45) is 7.73. The van der Waals surface area contributed by atoms with Gasteiger partial charge in [-0.2, -0.15) is 0 Å². The maximum atomic E-state index is 3.67. The first-order valence-corrected chi connectivity index (χ1v) is 6.08. The van der Waals surface area contributed by atoms with Crippen molar-refractivity contribution < 1.29 is 0 Å². The topological polar surface area (TPSA) is 12.0 Å². The maximum Gasteiger partial charge on any atom is 0.00618 e. The van der Waals surface area contributed by atoms with E-state index in [4.69, 9.17) is 0 Å². The SMILES string of the molecule is CC(C)[C@@H](C)NC[C@H]1C[C@H]2C=C[C@H]1C2. The van der Waals surface area contributed by atoms with E-state index < -0.39 is 0 Å². The van der Waals surface area contributed by atoms with Crippen molar-refractivity contribution in [2.75, 3.05) is 6.54 Å². The molecule has 2 bridgehead atoms. The molecule has 0 unspecified atom stereocenters. The van der Waals surface area contributed by atoms with Crippen LogP contribution in [0.2, 0.25) is 0 Å². The first-order valence-electron chi connectivity index (χ1n) is 6.08. The molecule has 14 heavy (non-hydrogen) atoms. The number of nitrogens with one attached hydrogen (secondary N) is 1. The molecule has 0 aromatic heterocycles. The Hall–Kier alpha value is -0.300. The molecule has 2 aliphatic carbocycles. The van der Waals surface area contributed by atoms with Gasteiger partial charge < -0.3 is 5.32 Å². The highest BCUT2D eigenvalue weighted by Crippen LogP contribution is 2.42. The lowest BCUT2D eigenvalue weighted by molar-refractivity contribution is 0.352. The highest BCUT2D eigenvalue weighted by Gasteiger charge is 2.35. The monoisotopic (exact) mass is 193 g/mol. The van der Waals surface area contributed by atoms with Crippen molar-refractivity contribution >= 4 is 0 Å². The molecule has 4 atom stereocenters. The summed E-state index contributed by atoms with van der Waals surface area (Å²) < 4.78 is 0. The van der Waals surface area contributed by atoms with Gasteiger partial charge in [0.15, 0.2) is 0 Å². The lowest BCUT2D eigenvalue weighted by Gasteiger charge is -2.23. The zero-order chi connectivity index (χ0) is 10.1. The smallest absolute Gasteiger partial charge is 0.00618 e. The molecule has 2 aliphatic rings. The average molecular weight is 193 g/mol. The van der Waals surface area contributed by atoms with Gasteiger partial charge in [0, 0.05) is 6.04 Å². The van der Waals surface area contributed by atoms with Gasteiger partial charge in [-0.05, 0) is 50.0 Å². The summed E-state index contributed by atoms with van der Waals surface area (Å²) in [5.41, 5.74) is 0. The molecule has 1 saturated carbocycles. The van der Waals surface area contributed by atoms with Gasteiger partial charge in [-0.25, -0.2) is 0 Å². The van der Waals surface area contributed by atoms with Gasteiger partial charge in [0.05, 0.1) is 0 Å². The summed E-state index contributed by atoms with van der Waals surface area (Å²) in [7, 11) is 0. The Balaban J connectivity index is 1.74. The van der Waals surface area contributed by atoms with Gasteiger partial charge in [0.1, 0.15) is 0 Å². The predicted octanol–water partition coefficient (Wildman–Crippen LogP) is 2.83. The Morgan fingerprint density at radius 1 is 1.21 bits per heavy atom. The number of rotatable bonds is 4. The third kappa shape index (κ3) is 2.03. The molecule has 0 aromatic rings. The van der Waals surface area contributed by atoms with E-state index in [1.807, 2.05) is 0 Å². The van der Waals surface area contributed by atoms with Crippen LogP contribution in [0.3, 0.4) is 0 Å². The second-order valence-electron chi connectivity index (χ2n) is 5.48. The number of allylic oxidation sites excluding steroid dienone is 2. The summed E-state index contributed by atoms with van der Waals surface area (Å²) in [5, 5.41) is 3.67. The van der Waals surface area contributed by atoms with Crippen molar-refractivity contribution in [1.82, 2.24) is 5.32 Å². The van der Waals surface area contributed by atoms with E-state index in [0.29, 0.717) is 6.04 Å². The van der Waals surface area contributed by atoms with E-state index >= 15 is 0 Å². The first-order chi connectivity index (χ1) is 6.66. The van der Waals surface area contributed by atoms with Crippen LogP contribution in [0.15, 0.2) is 12.2 Å². The zero-order valence-corrected chi connectivity index (χ0v) is 9.66. The molecule has 1 heteroatoms. The van der Waals surface area contributed by atoms with Gasteiger partial charge >= 0.3 is 0 Å². The highest BCUT2D eigenvalue weighted by molar-refractivity contribution is 5.10. The zero-order valence-electron chi connectivity index (χ0n) is 9.66. The fraction of sp³-hybridized carbons (Fsp3) is 0.846. The Kier molecular flexibility index (Phi) is 2.96. The minimum Gasteiger partial charge on any atom is -0.314 e. The van der Waals surface area contributed by atoms with Crippen LogP contribution in [-0.4, -0.2) is 12.6 Å². The van der Waals surface area contributed by atoms with E-state index in [9.17, 15) is 0 Å². The van der Waals surface area contributed by atoms with Crippen LogP contribution in [0.5, 0.6) is 0 Å². The molecule has 1 nitrogen and oxygen atoms in total. The fourth-order valence-electron chi connectivity index (χ4n) is 2.70. The summed E-state index contributed by atoms with van der Waals surface area (Å²) in [5.74, 6) is 3.49. The fourth-order valence-corrected chi connectivity index (χ4v) is 2.70. The summed E-state index contributed by atoms with van der Waals surface area (Å²) in [6.45, 7) is 8.11. The second-order valence-corrected chi connectivity index (χ2v) is 5.48. The third-order valence-electron chi connectivity index (χ3n) is 4.12. The van der Waals surface area contributed by atoms with Crippen molar-refractivity contribution in [3.05, 3.63) is 12.2 Å². The molecule has 0 saturated heterocycles. The Morgan fingerprint density at radius 3 is 2.50 bits per heavy atom. The summed E-state index contributed by atoms with van der Waals surface area (Å²) in [4.78, 5) is 0. The maximum absolute atomic E-state index is 3.67. The van der Waals surface area contributed by atoms with Gasteiger partial charge in [0.2, 0.25) is 0 Å². The van der Waals surface area contributed by atoms with Gasteiger partial charge in [-0.3, -0.25) is 0 Å². The third-order valence-corrected chi connectivity index (χ3v) is 4.12. The first kappa shape index (κ1) is 10.2. The lowest BCUT2D eigenvalue weighted by atomic mass is 9.93. The average Bonchev–Trinajstić information content (AvgIpc) is 2.74. The molecule has 80 valence electrons. The van der Waals surface area contributed by atoms with E-state index in [1.165, 1.54) is 19.4 Å². The Morgan fingerprint density at radius 2 is 2.00 bits per heavy atom. The van der Waals surface area contributed by atoms with Crippen LogP contribution in [0, 0.1) is 23.7 Å². The van der Waals surface area contributed by atoms with Crippen molar-refractivity contribution in [1.29, 1.82) is 0 Å². The van der Waals surface area contributed by atoms with Crippen LogP contribution in [0.1, 0.15) is 33.6 Å². The molecular weight excluding hydrogens is 170 g/mol.